The third-order valence-electron chi connectivity index (χ3n) is 7.48. The van der Waals surface area contributed by atoms with E-state index < -0.39 is 71.5 Å². The maximum atomic E-state index is 13.6. The zero-order valence-electron chi connectivity index (χ0n) is 30.6. The molecule has 6 N–H and O–H groups in total. The number of amides is 5. The fourth-order valence-corrected chi connectivity index (χ4v) is 5.37. The van der Waals surface area contributed by atoms with Gasteiger partial charge in [0.15, 0.2) is 0 Å². The number of nitrogens with one attached hydrogen (secondary N) is 5. The molecule has 0 saturated carbocycles. The number of carbonyl (C=O) groups is 5. The Kier molecular flexibility index (Phi) is 19.1. The lowest BCUT2D eigenvalue weighted by Crippen LogP contribution is -2.58. The first-order chi connectivity index (χ1) is 22.9. The van der Waals surface area contributed by atoms with Gasteiger partial charge in [-0.1, -0.05) is 40.7 Å². The molecular formula is C35H59N5O8S. The lowest BCUT2D eigenvalue weighted by Gasteiger charge is -2.30. The van der Waals surface area contributed by atoms with Crippen LogP contribution in [0, 0.1) is 17.8 Å². The molecule has 5 amide bonds. The van der Waals surface area contributed by atoms with Crippen molar-refractivity contribution in [1.29, 1.82) is 0 Å². The maximum absolute atomic E-state index is 13.6. The number of ether oxygens (including phenoxy) is 1. The Morgan fingerprint density at radius 2 is 1.59 bits per heavy atom. The molecule has 0 saturated heterocycles. The normalized spacial score (nSPS) is 15.3. The minimum atomic E-state index is -1.10. The molecule has 14 heteroatoms. The Bertz CT molecular complexity index is 1200. The second-order valence-electron chi connectivity index (χ2n) is 14.0. The van der Waals surface area contributed by atoms with Crippen LogP contribution in [-0.4, -0.2) is 82.7 Å². The maximum Gasteiger partial charge on any atom is 0.408 e. The topological polar surface area (TPSA) is 188 Å². The van der Waals surface area contributed by atoms with Gasteiger partial charge in [0.2, 0.25) is 23.6 Å². The molecule has 0 fully saturated rings. The fraction of sp³-hybridized carbons (Fsp3) is 0.686. The summed E-state index contributed by atoms with van der Waals surface area (Å²) in [5, 5.41) is 25.1. The van der Waals surface area contributed by atoms with Crippen LogP contribution in [0.2, 0.25) is 0 Å². The molecule has 1 heterocycles. The van der Waals surface area contributed by atoms with E-state index >= 15 is 0 Å². The molecule has 1 aromatic heterocycles. The predicted octanol–water partition coefficient (Wildman–Crippen LogP) is 3.66. The first-order valence-corrected chi connectivity index (χ1v) is 18.3. The summed E-state index contributed by atoms with van der Waals surface area (Å²) in [5.74, 6) is -1.63. The van der Waals surface area contributed by atoms with Crippen LogP contribution in [0.15, 0.2) is 35.5 Å². The zero-order chi connectivity index (χ0) is 37.3. The number of rotatable bonds is 21. The van der Waals surface area contributed by atoms with Crippen LogP contribution < -0.4 is 26.6 Å². The van der Waals surface area contributed by atoms with Crippen LogP contribution >= 0.6 is 11.8 Å². The zero-order valence-corrected chi connectivity index (χ0v) is 31.4. The fourth-order valence-electron chi connectivity index (χ4n) is 4.90. The summed E-state index contributed by atoms with van der Waals surface area (Å²) in [6, 6.07) is -0.0512. The number of hydrogen-bond donors (Lipinski definition) is 6. The quantitative estimate of drug-likeness (QED) is 0.104. The van der Waals surface area contributed by atoms with Gasteiger partial charge in [-0.15, -0.1) is 6.58 Å². The van der Waals surface area contributed by atoms with Crippen LogP contribution in [0.5, 0.6) is 0 Å². The highest BCUT2D eigenvalue weighted by molar-refractivity contribution is 7.98. The largest absolute Gasteiger partial charge is 0.467 e. The second-order valence-corrected chi connectivity index (χ2v) is 15.0. The van der Waals surface area contributed by atoms with E-state index in [1.165, 1.54) is 24.1 Å². The molecule has 0 spiro atoms. The lowest BCUT2D eigenvalue weighted by molar-refractivity contribution is -0.132. The van der Waals surface area contributed by atoms with Crippen molar-refractivity contribution in [1.82, 2.24) is 26.6 Å². The highest BCUT2D eigenvalue weighted by Crippen LogP contribution is 2.17. The van der Waals surface area contributed by atoms with E-state index in [0.29, 0.717) is 24.4 Å². The first kappa shape index (κ1) is 43.5. The number of thioether (sulfide) groups is 1. The minimum absolute atomic E-state index is 0.00932. The summed E-state index contributed by atoms with van der Waals surface area (Å²) in [4.78, 5) is 65.4. The molecule has 0 aromatic carbocycles. The molecular weight excluding hydrogens is 650 g/mol. The van der Waals surface area contributed by atoms with Crippen molar-refractivity contribution in [2.75, 3.05) is 12.0 Å². The number of aliphatic hydroxyl groups is 1. The van der Waals surface area contributed by atoms with E-state index in [1.54, 1.807) is 53.7 Å². The molecule has 1 rings (SSSR count). The van der Waals surface area contributed by atoms with E-state index in [0.717, 1.165) is 0 Å². The van der Waals surface area contributed by atoms with Crippen molar-refractivity contribution in [3.05, 3.63) is 36.8 Å². The Morgan fingerprint density at radius 1 is 0.939 bits per heavy atom. The summed E-state index contributed by atoms with van der Waals surface area (Å²) < 4.78 is 10.6. The summed E-state index contributed by atoms with van der Waals surface area (Å²) in [7, 11) is 0. The molecule has 0 bridgehead atoms. The van der Waals surface area contributed by atoms with Gasteiger partial charge >= 0.3 is 6.09 Å². The van der Waals surface area contributed by atoms with E-state index in [2.05, 4.69) is 33.2 Å². The summed E-state index contributed by atoms with van der Waals surface area (Å²) in [6.45, 7) is 18.1. The van der Waals surface area contributed by atoms with Crippen molar-refractivity contribution >= 4 is 41.5 Å². The van der Waals surface area contributed by atoms with Crippen LogP contribution in [0.25, 0.3) is 0 Å². The molecule has 0 unspecified atom stereocenters. The van der Waals surface area contributed by atoms with Gasteiger partial charge in [0.25, 0.3) is 0 Å². The Labute approximate surface area is 295 Å². The molecule has 0 aliphatic heterocycles. The number of furan rings is 1. The Morgan fingerprint density at radius 3 is 2.12 bits per heavy atom. The van der Waals surface area contributed by atoms with Crippen molar-refractivity contribution in [2.45, 2.75) is 123 Å². The summed E-state index contributed by atoms with van der Waals surface area (Å²) in [6.07, 6.45) is 4.01. The molecule has 1 aromatic rings. The summed E-state index contributed by atoms with van der Waals surface area (Å²) >= 11 is 1.51. The van der Waals surface area contributed by atoms with Gasteiger partial charge in [-0.2, -0.15) is 11.8 Å². The van der Waals surface area contributed by atoms with E-state index in [9.17, 15) is 29.1 Å². The molecule has 49 heavy (non-hydrogen) atoms. The molecule has 13 nitrogen and oxygen atoms in total. The van der Waals surface area contributed by atoms with E-state index in [4.69, 9.17) is 9.15 Å². The van der Waals surface area contributed by atoms with Gasteiger partial charge in [-0.3, -0.25) is 19.2 Å². The van der Waals surface area contributed by atoms with Gasteiger partial charge in [0.05, 0.1) is 25.0 Å². The van der Waals surface area contributed by atoms with Gasteiger partial charge in [0, 0.05) is 5.92 Å². The highest BCUT2D eigenvalue weighted by Gasteiger charge is 2.33. The minimum Gasteiger partial charge on any atom is -0.467 e. The van der Waals surface area contributed by atoms with Gasteiger partial charge in [-0.05, 0) is 82.4 Å². The molecule has 0 aliphatic rings. The van der Waals surface area contributed by atoms with E-state index in [1.807, 2.05) is 20.1 Å². The van der Waals surface area contributed by atoms with Crippen LogP contribution in [0.4, 0.5) is 4.79 Å². The smallest absolute Gasteiger partial charge is 0.408 e. The Hall–Kier alpha value is -3.52. The Balaban J connectivity index is 2.99. The van der Waals surface area contributed by atoms with Crippen LogP contribution in [0.1, 0.15) is 86.8 Å². The van der Waals surface area contributed by atoms with Gasteiger partial charge in [0.1, 0.15) is 29.5 Å². The third-order valence-corrected chi connectivity index (χ3v) is 8.12. The van der Waals surface area contributed by atoms with Crippen molar-refractivity contribution in [3.8, 4) is 0 Å². The lowest BCUT2D eigenvalue weighted by atomic mass is 9.92. The summed E-state index contributed by atoms with van der Waals surface area (Å²) in [5.41, 5.74) is -0.754. The number of alkyl carbamates (subject to hydrolysis) is 1. The van der Waals surface area contributed by atoms with Crippen LogP contribution in [0.3, 0.4) is 0 Å². The van der Waals surface area contributed by atoms with Crippen molar-refractivity contribution in [3.63, 3.8) is 0 Å². The number of carbonyl (C=O) groups excluding carboxylic acids is 5. The highest BCUT2D eigenvalue weighted by atomic mass is 32.2. The monoisotopic (exact) mass is 709 g/mol. The molecule has 6 atom stereocenters. The van der Waals surface area contributed by atoms with Crippen molar-refractivity contribution < 1.29 is 38.2 Å². The van der Waals surface area contributed by atoms with Crippen LogP contribution in [-0.2, 0) is 30.5 Å². The second kappa shape index (κ2) is 21.5. The third kappa shape index (κ3) is 17.1. The number of hydrogen-bond acceptors (Lipinski definition) is 9. The average molecular weight is 710 g/mol. The van der Waals surface area contributed by atoms with Gasteiger partial charge in [-0.25, -0.2) is 4.79 Å². The predicted molar refractivity (Wildman–Crippen MR) is 191 cm³/mol. The van der Waals surface area contributed by atoms with Gasteiger partial charge < -0.3 is 40.8 Å². The molecule has 0 radical (unpaired) electrons. The SMILES string of the molecule is C=CC[C@H](NC(=O)[C@H](C)C[C@H](O)[C@H](CC(C)C)NC(=O)[C@H](CCSC)NC(=O)[C@@H](NC(=O)OC(C)(C)C)C(C)C)C(=O)NCc1ccco1. The molecule has 278 valence electrons. The standard InChI is InChI=1S/C35H59N5O8S/c1-11-13-25(31(43)36-20-24-14-12-16-47-24)37-30(42)23(6)19-28(41)27(18-21(2)3)39-32(44)26(15-17-49-10)38-33(45)29(22(4)5)40-34(46)48-35(7,8)9/h11-12,14,16,21-23,25-29,41H,1,13,15,17-20H2,2-10H3,(H,36,43)(H,37,42)(H,38,45)(H,39,44)(H,40,46)/t23-,25+,26+,27+,28+,29+/m1/s1. The average Bonchev–Trinajstić information content (AvgIpc) is 3.52. The first-order valence-electron chi connectivity index (χ1n) is 16.9. The van der Waals surface area contributed by atoms with Crippen molar-refractivity contribution in [2.24, 2.45) is 17.8 Å². The van der Waals surface area contributed by atoms with E-state index in [-0.39, 0.29) is 31.2 Å². The molecule has 0 aliphatic carbocycles. The number of aliphatic hydroxyl groups excluding tert-OH is 1.